The number of hydrogen-bond donors (Lipinski definition) is 3. The molecule has 0 saturated carbocycles. The number of hydrogen-bond acceptors (Lipinski definition) is 5. The van der Waals surface area contributed by atoms with Gasteiger partial charge in [0.1, 0.15) is 5.00 Å². The molecule has 144 valence electrons. The number of ether oxygens (including phenoxy) is 1. The number of amides is 2. The van der Waals surface area contributed by atoms with E-state index in [0.29, 0.717) is 10.6 Å². The molecule has 2 amide bonds. The van der Waals surface area contributed by atoms with E-state index in [-0.39, 0.29) is 30.9 Å². The lowest BCUT2D eigenvalue weighted by molar-refractivity contribution is -0.862. The van der Waals surface area contributed by atoms with Crippen LogP contribution in [-0.2, 0) is 27.2 Å². The molecule has 8 heteroatoms. The number of carbonyl (C=O) groups excluding carboxylic acids is 3. The lowest BCUT2D eigenvalue weighted by atomic mass is 9.95. The highest BCUT2D eigenvalue weighted by Gasteiger charge is 2.27. The monoisotopic (exact) mass is 382 g/mol. The number of rotatable bonds is 7. The molecule has 0 bridgehead atoms. The smallest absolute Gasteiger partial charge is 0.341 e. The van der Waals surface area contributed by atoms with Gasteiger partial charge in [0.2, 0.25) is 0 Å². The molecule has 1 aromatic heterocycles. The largest absolute Gasteiger partial charge is 0.465 e. The van der Waals surface area contributed by atoms with Crippen molar-refractivity contribution in [3.63, 3.8) is 0 Å². The van der Waals surface area contributed by atoms with Crippen molar-refractivity contribution >= 4 is 34.1 Å². The van der Waals surface area contributed by atoms with Crippen LogP contribution < -0.4 is 15.5 Å². The van der Waals surface area contributed by atoms with Gasteiger partial charge in [-0.05, 0) is 45.1 Å². The molecule has 1 aliphatic carbocycles. The summed E-state index contributed by atoms with van der Waals surface area (Å²) in [6, 6.07) is 0.0733. The maximum atomic E-state index is 12.4. The fourth-order valence-corrected chi connectivity index (χ4v) is 4.42. The highest BCUT2D eigenvalue weighted by Crippen LogP contribution is 2.38. The second kappa shape index (κ2) is 9.14. The van der Waals surface area contributed by atoms with Crippen LogP contribution in [-0.4, -0.2) is 51.1 Å². The summed E-state index contributed by atoms with van der Waals surface area (Å²) in [5.41, 5.74) is 1.51. The number of aryl methyl sites for hydroxylation is 1. The van der Waals surface area contributed by atoms with E-state index in [0.717, 1.165) is 41.0 Å². The van der Waals surface area contributed by atoms with Gasteiger partial charge in [0, 0.05) is 10.9 Å². The minimum atomic E-state index is -0.406. The van der Waals surface area contributed by atoms with Gasteiger partial charge in [-0.2, -0.15) is 0 Å². The molecule has 0 spiro atoms. The van der Waals surface area contributed by atoms with Gasteiger partial charge in [0.05, 0.1) is 19.7 Å². The Kier molecular flexibility index (Phi) is 7.16. The Morgan fingerprint density at radius 1 is 1.15 bits per heavy atom. The summed E-state index contributed by atoms with van der Waals surface area (Å²) in [5.74, 6) is -0.715. The van der Waals surface area contributed by atoms with Crippen molar-refractivity contribution in [2.45, 2.75) is 45.6 Å². The summed E-state index contributed by atoms with van der Waals surface area (Å²) < 4.78 is 4.91. The van der Waals surface area contributed by atoms with Gasteiger partial charge < -0.3 is 20.3 Å². The third-order valence-electron chi connectivity index (χ3n) is 4.19. The normalized spacial score (nSPS) is 14.5. The summed E-state index contributed by atoms with van der Waals surface area (Å²) in [4.78, 5) is 38.3. The Bertz CT molecular complexity index is 684. The molecule has 1 atom stereocenters. The molecule has 0 aliphatic heterocycles. The van der Waals surface area contributed by atoms with Crippen molar-refractivity contribution in [3.05, 3.63) is 16.0 Å². The Labute approximate surface area is 158 Å². The molecule has 26 heavy (non-hydrogen) atoms. The number of methoxy groups -OCH3 is 1. The molecular formula is C18H28N3O4S+. The van der Waals surface area contributed by atoms with E-state index >= 15 is 0 Å². The predicted octanol–water partition coefficient (Wildman–Crippen LogP) is 0.391. The van der Waals surface area contributed by atoms with Crippen molar-refractivity contribution < 1.29 is 24.0 Å². The Morgan fingerprint density at radius 2 is 1.81 bits per heavy atom. The number of nitrogens with one attached hydrogen (secondary N) is 3. The molecule has 7 nitrogen and oxygen atoms in total. The Morgan fingerprint density at radius 3 is 2.46 bits per heavy atom. The standard InChI is InChI=1S/C18H27N3O4S/c1-11(2)19-14(22)9-21(3)10-15(23)20-17-16(18(24)25-4)12-7-5-6-8-13(12)26-17/h11H,5-10H2,1-4H3,(H,19,22)(H,20,23)/p+1. The number of fused-ring (bicyclic) bond motifs is 1. The number of thiophene rings is 1. The van der Waals surface area contributed by atoms with E-state index < -0.39 is 5.97 Å². The lowest BCUT2D eigenvalue weighted by Gasteiger charge is -2.15. The second-order valence-electron chi connectivity index (χ2n) is 6.99. The van der Waals surface area contributed by atoms with Crippen molar-refractivity contribution in [2.75, 3.05) is 32.6 Å². The molecule has 0 radical (unpaired) electrons. The minimum Gasteiger partial charge on any atom is -0.465 e. The summed E-state index contributed by atoms with van der Waals surface area (Å²) >= 11 is 1.46. The van der Waals surface area contributed by atoms with Crippen molar-refractivity contribution in [3.8, 4) is 0 Å². The molecule has 1 aliphatic rings. The van der Waals surface area contributed by atoms with E-state index in [4.69, 9.17) is 4.74 Å². The van der Waals surface area contributed by atoms with Crippen LogP contribution in [0, 0.1) is 0 Å². The zero-order chi connectivity index (χ0) is 19.3. The van der Waals surface area contributed by atoms with E-state index in [1.807, 2.05) is 13.8 Å². The van der Waals surface area contributed by atoms with Crippen LogP contribution in [0.15, 0.2) is 0 Å². The van der Waals surface area contributed by atoms with Gasteiger partial charge in [-0.15, -0.1) is 11.3 Å². The fourth-order valence-electron chi connectivity index (χ4n) is 3.13. The highest BCUT2D eigenvalue weighted by molar-refractivity contribution is 7.17. The number of anilines is 1. The zero-order valence-electron chi connectivity index (χ0n) is 15.9. The average molecular weight is 383 g/mol. The third kappa shape index (κ3) is 5.28. The van der Waals surface area contributed by atoms with E-state index in [9.17, 15) is 14.4 Å². The van der Waals surface area contributed by atoms with Gasteiger partial charge in [-0.3, -0.25) is 9.59 Å². The SMILES string of the molecule is COC(=O)c1c(NC(=O)C[NH+](C)CC(=O)NC(C)C)sc2c1CCCC2. The third-order valence-corrected chi connectivity index (χ3v) is 5.40. The number of likely N-dealkylation sites (N-methyl/N-ethyl adjacent to an activating group) is 1. The predicted molar refractivity (Wildman–Crippen MR) is 101 cm³/mol. The minimum absolute atomic E-state index is 0.0733. The molecule has 1 aromatic rings. The topological polar surface area (TPSA) is 88.9 Å². The first-order chi connectivity index (χ1) is 12.3. The van der Waals surface area contributed by atoms with Crippen LogP contribution in [0.1, 0.15) is 47.5 Å². The van der Waals surface area contributed by atoms with Gasteiger partial charge in [0.15, 0.2) is 13.1 Å². The molecule has 1 heterocycles. The van der Waals surface area contributed by atoms with E-state index in [1.54, 1.807) is 7.05 Å². The quantitative estimate of drug-likeness (QED) is 0.595. The molecule has 3 N–H and O–H groups in total. The van der Waals surface area contributed by atoms with Crippen molar-refractivity contribution in [1.82, 2.24) is 5.32 Å². The highest BCUT2D eigenvalue weighted by atomic mass is 32.1. The van der Waals surface area contributed by atoms with Crippen LogP contribution in [0.25, 0.3) is 0 Å². The number of carbonyl (C=O) groups is 3. The molecule has 2 rings (SSSR count). The number of esters is 1. The zero-order valence-corrected chi connectivity index (χ0v) is 16.7. The van der Waals surface area contributed by atoms with Gasteiger partial charge in [0.25, 0.3) is 11.8 Å². The lowest BCUT2D eigenvalue weighted by Crippen LogP contribution is -3.11. The van der Waals surface area contributed by atoms with Crippen LogP contribution >= 0.6 is 11.3 Å². The fraction of sp³-hybridized carbons (Fsp3) is 0.611. The summed E-state index contributed by atoms with van der Waals surface area (Å²) in [7, 11) is 3.15. The summed E-state index contributed by atoms with van der Waals surface area (Å²) in [5, 5.41) is 6.23. The first kappa shape index (κ1) is 20.4. The summed E-state index contributed by atoms with van der Waals surface area (Å²) in [6.45, 7) is 4.16. The van der Waals surface area contributed by atoms with Crippen LogP contribution in [0.3, 0.4) is 0 Å². The van der Waals surface area contributed by atoms with E-state index in [1.165, 1.54) is 18.4 Å². The van der Waals surface area contributed by atoms with Gasteiger partial charge in [-0.25, -0.2) is 4.79 Å². The molecule has 0 aromatic carbocycles. The van der Waals surface area contributed by atoms with Gasteiger partial charge >= 0.3 is 5.97 Å². The number of quaternary nitrogens is 1. The van der Waals surface area contributed by atoms with Crippen molar-refractivity contribution in [2.24, 2.45) is 0 Å². The second-order valence-corrected chi connectivity index (χ2v) is 8.09. The Balaban J connectivity index is 2.03. The van der Waals surface area contributed by atoms with Crippen LogP contribution in [0.2, 0.25) is 0 Å². The molecule has 1 unspecified atom stereocenters. The first-order valence-electron chi connectivity index (χ1n) is 8.95. The molecule has 0 fully saturated rings. The Hall–Kier alpha value is -1.93. The molecule has 0 saturated heterocycles. The maximum Gasteiger partial charge on any atom is 0.341 e. The van der Waals surface area contributed by atoms with Gasteiger partial charge in [-0.1, -0.05) is 0 Å². The average Bonchev–Trinajstić information content (AvgIpc) is 2.90. The molecular weight excluding hydrogens is 354 g/mol. The van der Waals surface area contributed by atoms with Crippen LogP contribution in [0.4, 0.5) is 5.00 Å². The first-order valence-corrected chi connectivity index (χ1v) is 9.76. The summed E-state index contributed by atoms with van der Waals surface area (Å²) in [6.07, 6.45) is 3.91. The van der Waals surface area contributed by atoms with E-state index in [2.05, 4.69) is 10.6 Å². The maximum absolute atomic E-state index is 12.4. The van der Waals surface area contributed by atoms with Crippen LogP contribution in [0.5, 0.6) is 0 Å². The van der Waals surface area contributed by atoms with Crippen molar-refractivity contribution in [1.29, 1.82) is 0 Å².